The van der Waals surface area contributed by atoms with Gasteiger partial charge in [-0.05, 0) is 60.8 Å². The van der Waals surface area contributed by atoms with Gasteiger partial charge in [0.15, 0.2) is 17.2 Å². The van der Waals surface area contributed by atoms with Crippen LogP contribution in [0.5, 0.6) is 28.7 Å². The van der Waals surface area contributed by atoms with Gasteiger partial charge in [0.25, 0.3) is 0 Å². The summed E-state index contributed by atoms with van der Waals surface area (Å²) < 4.78 is 16.5. The molecule has 0 fully saturated rings. The molecule has 34 heavy (non-hydrogen) atoms. The smallest absolute Gasteiger partial charge is 0.220 e. The summed E-state index contributed by atoms with van der Waals surface area (Å²) in [6.45, 7) is 0.489. The summed E-state index contributed by atoms with van der Waals surface area (Å²) in [5.41, 5.74) is 3.87. The van der Waals surface area contributed by atoms with E-state index in [2.05, 4.69) is 4.90 Å². The van der Waals surface area contributed by atoms with Crippen molar-refractivity contribution in [1.29, 1.82) is 0 Å². The number of phenols is 2. The summed E-state index contributed by atoms with van der Waals surface area (Å²) in [7, 11) is 6.46. The summed E-state index contributed by atoms with van der Waals surface area (Å²) >= 11 is 0. The zero-order chi connectivity index (χ0) is 24.4. The monoisotopic (exact) mass is 463 g/mol. The summed E-state index contributed by atoms with van der Waals surface area (Å²) in [5.74, 6) is 1.13. The zero-order valence-corrected chi connectivity index (χ0v) is 19.8. The second-order valence-electron chi connectivity index (χ2n) is 8.37. The van der Waals surface area contributed by atoms with E-state index in [9.17, 15) is 15.0 Å². The fourth-order valence-corrected chi connectivity index (χ4v) is 4.79. The number of aryl methyl sites for hydroxylation is 1. The molecular formula is C27H29NO6. The molecule has 0 saturated carbocycles. The number of ether oxygens (including phenoxy) is 3. The number of methoxy groups -OCH3 is 3. The lowest BCUT2D eigenvalue weighted by Crippen LogP contribution is -2.25. The lowest BCUT2D eigenvalue weighted by atomic mass is 9.95. The molecule has 1 unspecified atom stereocenters. The van der Waals surface area contributed by atoms with Gasteiger partial charge in [-0.1, -0.05) is 24.3 Å². The third-order valence-electron chi connectivity index (χ3n) is 6.43. The van der Waals surface area contributed by atoms with Crippen molar-refractivity contribution in [3.8, 4) is 39.9 Å². The fraction of sp³-hybridized carbons (Fsp3) is 0.296. The first-order valence-electron chi connectivity index (χ1n) is 11.1. The normalized spacial score (nSPS) is 14.7. The summed E-state index contributed by atoms with van der Waals surface area (Å²) in [5, 5.41) is 20.9. The van der Waals surface area contributed by atoms with E-state index < -0.39 is 0 Å². The van der Waals surface area contributed by atoms with Crippen LogP contribution in [-0.2, 0) is 13.0 Å². The van der Waals surface area contributed by atoms with Crippen molar-refractivity contribution < 1.29 is 24.4 Å². The Morgan fingerprint density at radius 1 is 0.941 bits per heavy atom. The largest absolute Gasteiger partial charge is 0.508 e. The molecule has 0 heterocycles. The minimum Gasteiger partial charge on any atom is -0.508 e. The first-order valence-corrected chi connectivity index (χ1v) is 11.1. The quantitative estimate of drug-likeness (QED) is 0.564. The van der Waals surface area contributed by atoms with Crippen molar-refractivity contribution in [3.05, 3.63) is 75.4 Å². The molecule has 7 nitrogen and oxygen atoms in total. The molecule has 4 rings (SSSR count). The first-order chi connectivity index (χ1) is 16.4. The van der Waals surface area contributed by atoms with Gasteiger partial charge in [-0.3, -0.25) is 9.69 Å². The molecule has 2 N–H and O–H groups in total. The molecule has 0 saturated heterocycles. The van der Waals surface area contributed by atoms with Crippen LogP contribution in [0.25, 0.3) is 11.1 Å². The number of aromatic hydroxyl groups is 2. The molecule has 3 aromatic carbocycles. The predicted octanol–water partition coefficient (Wildman–Crippen LogP) is 4.27. The molecule has 0 amide bonds. The number of nitrogens with zero attached hydrogens (tertiary/aromatic N) is 1. The molecule has 1 atom stereocenters. The van der Waals surface area contributed by atoms with Crippen LogP contribution >= 0.6 is 0 Å². The predicted molar refractivity (Wildman–Crippen MR) is 130 cm³/mol. The van der Waals surface area contributed by atoms with Crippen molar-refractivity contribution in [2.45, 2.75) is 25.4 Å². The van der Waals surface area contributed by atoms with Crippen LogP contribution in [0, 0.1) is 0 Å². The van der Waals surface area contributed by atoms with Gasteiger partial charge in [-0.15, -0.1) is 0 Å². The van der Waals surface area contributed by atoms with Crippen molar-refractivity contribution >= 4 is 0 Å². The Hall–Kier alpha value is -3.71. The summed E-state index contributed by atoms with van der Waals surface area (Å²) in [6.07, 6.45) is 1.33. The minimum atomic E-state index is -0.224. The maximum Gasteiger partial charge on any atom is 0.220 e. The van der Waals surface area contributed by atoms with E-state index in [4.69, 9.17) is 14.2 Å². The topological polar surface area (TPSA) is 88.5 Å². The number of fused-ring (bicyclic) bond motifs is 3. The molecule has 0 aromatic heterocycles. The maximum absolute atomic E-state index is 13.0. The van der Waals surface area contributed by atoms with E-state index in [0.29, 0.717) is 25.1 Å². The van der Waals surface area contributed by atoms with Crippen LogP contribution in [0.2, 0.25) is 0 Å². The van der Waals surface area contributed by atoms with E-state index in [1.807, 2.05) is 25.2 Å². The average Bonchev–Trinajstić information content (AvgIpc) is 3.07. The highest BCUT2D eigenvalue weighted by Gasteiger charge is 2.30. The highest BCUT2D eigenvalue weighted by molar-refractivity contribution is 5.82. The number of phenolic OH excluding ortho intramolecular Hbond substituents is 2. The van der Waals surface area contributed by atoms with Crippen LogP contribution in [0.3, 0.4) is 0 Å². The lowest BCUT2D eigenvalue weighted by molar-refractivity contribution is 0.223. The van der Waals surface area contributed by atoms with Gasteiger partial charge in [0.05, 0.1) is 21.3 Å². The Kier molecular flexibility index (Phi) is 6.65. The molecule has 1 aliphatic carbocycles. The Bertz CT molecular complexity index is 1270. The Balaban J connectivity index is 1.95. The van der Waals surface area contributed by atoms with Crippen molar-refractivity contribution in [2.24, 2.45) is 0 Å². The number of benzene rings is 2. The van der Waals surface area contributed by atoms with Gasteiger partial charge < -0.3 is 24.4 Å². The van der Waals surface area contributed by atoms with Gasteiger partial charge in [0.2, 0.25) is 11.2 Å². The van der Waals surface area contributed by atoms with Crippen LogP contribution in [-0.4, -0.2) is 43.5 Å². The fourth-order valence-electron chi connectivity index (χ4n) is 4.79. The SMILES string of the molecule is COc1c(O)cc2c(c1OC)-c1ccc(OC)c(=O)cc1C(N(C)Cc1ccccc1O)CC2. The maximum atomic E-state index is 13.0. The van der Waals surface area contributed by atoms with Crippen molar-refractivity contribution in [2.75, 3.05) is 28.4 Å². The van der Waals surface area contributed by atoms with Crippen LogP contribution < -0.4 is 19.6 Å². The molecule has 7 heteroatoms. The molecule has 3 aromatic rings. The minimum absolute atomic E-state index is 0.00284. The van der Waals surface area contributed by atoms with Crippen molar-refractivity contribution in [1.82, 2.24) is 4.90 Å². The third kappa shape index (κ3) is 4.15. The van der Waals surface area contributed by atoms with Gasteiger partial charge in [0, 0.05) is 23.7 Å². The Labute approximate surface area is 198 Å². The van der Waals surface area contributed by atoms with Crippen LogP contribution in [0.1, 0.15) is 29.2 Å². The van der Waals surface area contributed by atoms with E-state index in [-0.39, 0.29) is 34.5 Å². The second kappa shape index (κ2) is 9.65. The highest BCUT2D eigenvalue weighted by Crippen LogP contribution is 2.50. The molecular weight excluding hydrogens is 434 g/mol. The van der Waals surface area contributed by atoms with E-state index in [1.165, 1.54) is 21.3 Å². The molecule has 0 bridgehead atoms. The Morgan fingerprint density at radius 3 is 2.35 bits per heavy atom. The lowest BCUT2D eigenvalue weighted by Gasteiger charge is -2.28. The summed E-state index contributed by atoms with van der Waals surface area (Å²) in [4.78, 5) is 15.1. The third-order valence-corrected chi connectivity index (χ3v) is 6.43. The molecule has 0 radical (unpaired) electrons. The zero-order valence-electron chi connectivity index (χ0n) is 19.8. The molecule has 0 spiro atoms. The van der Waals surface area contributed by atoms with E-state index in [0.717, 1.165) is 27.8 Å². The second-order valence-corrected chi connectivity index (χ2v) is 8.37. The molecule has 178 valence electrons. The van der Waals surface area contributed by atoms with Crippen molar-refractivity contribution in [3.63, 3.8) is 0 Å². The van der Waals surface area contributed by atoms with Crippen LogP contribution in [0.4, 0.5) is 0 Å². The van der Waals surface area contributed by atoms with Crippen LogP contribution in [0.15, 0.2) is 53.3 Å². The Morgan fingerprint density at radius 2 is 1.68 bits per heavy atom. The molecule has 1 aliphatic rings. The van der Waals surface area contributed by atoms with Gasteiger partial charge in [0.1, 0.15) is 5.75 Å². The highest BCUT2D eigenvalue weighted by atomic mass is 16.5. The van der Waals surface area contributed by atoms with Gasteiger partial charge in [-0.2, -0.15) is 0 Å². The number of rotatable bonds is 6. The average molecular weight is 464 g/mol. The number of para-hydroxylation sites is 1. The van der Waals surface area contributed by atoms with E-state index in [1.54, 1.807) is 30.3 Å². The number of hydrogen-bond acceptors (Lipinski definition) is 7. The van der Waals surface area contributed by atoms with Gasteiger partial charge in [-0.25, -0.2) is 0 Å². The standard InChI is InChI=1S/C27H29NO6/c1-28(15-17-7-5-6-8-21(17)29)20-11-9-16-13-23(31)26(33-3)27(34-4)25(16)18-10-12-24(32-2)22(30)14-19(18)20/h5-8,10,12-14,20,29,31H,9,11,15H2,1-4H3. The van der Waals surface area contributed by atoms with Gasteiger partial charge >= 0.3 is 0 Å². The summed E-state index contributed by atoms with van der Waals surface area (Å²) in [6, 6.07) is 13.9. The molecule has 0 aliphatic heterocycles. The number of hydrogen-bond donors (Lipinski definition) is 2. The van der Waals surface area contributed by atoms with E-state index >= 15 is 0 Å². The first kappa shape index (κ1) is 23.4.